The summed E-state index contributed by atoms with van der Waals surface area (Å²) >= 11 is 11.7. The highest BCUT2D eigenvalue weighted by molar-refractivity contribution is 6.39. The third-order valence-corrected chi connectivity index (χ3v) is 2.89. The molecule has 0 aliphatic rings. The molecule has 0 atom stereocenters. The summed E-state index contributed by atoms with van der Waals surface area (Å²) in [6.07, 6.45) is 3.16. The Bertz CT molecular complexity index is 564. The van der Waals surface area contributed by atoms with Gasteiger partial charge in [-0.3, -0.25) is 9.78 Å². The minimum Gasteiger partial charge on any atom is -0.396 e. The van der Waals surface area contributed by atoms with Gasteiger partial charge in [-0.25, -0.2) is 0 Å². The van der Waals surface area contributed by atoms with Gasteiger partial charge in [0.1, 0.15) is 0 Å². The van der Waals surface area contributed by atoms with Gasteiger partial charge in [-0.2, -0.15) is 0 Å². The predicted molar refractivity (Wildman–Crippen MR) is 73.1 cm³/mol. The number of anilines is 2. The van der Waals surface area contributed by atoms with Gasteiger partial charge >= 0.3 is 0 Å². The van der Waals surface area contributed by atoms with Crippen molar-refractivity contribution in [3.05, 3.63) is 52.3 Å². The number of hydrogen-bond donors (Lipinski definition) is 2. The van der Waals surface area contributed by atoms with E-state index in [1.54, 1.807) is 24.5 Å². The summed E-state index contributed by atoms with van der Waals surface area (Å²) < 4.78 is 0. The molecule has 2 aromatic rings. The molecular weight excluding hydrogens is 273 g/mol. The third-order valence-electron chi connectivity index (χ3n) is 2.26. The summed E-state index contributed by atoms with van der Waals surface area (Å²) in [7, 11) is 0. The molecule has 0 spiro atoms. The minimum atomic E-state index is -0.327. The molecule has 18 heavy (non-hydrogen) atoms. The number of amides is 1. The Morgan fingerprint density at radius 3 is 2.50 bits per heavy atom. The fourth-order valence-corrected chi connectivity index (χ4v) is 1.84. The van der Waals surface area contributed by atoms with Gasteiger partial charge in [-0.15, -0.1) is 0 Å². The van der Waals surface area contributed by atoms with Gasteiger partial charge in [0.15, 0.2) is 0 Å². The van der Waals surface area contributed by atoms with E-state index >= 15 is 0 Å². The molecule has 4 nitrogen and oxygen atoms in total. The van der Waals surface area contributed by atoms with E-state index in [1.807, 2.05) is 0 Å². The zero-order chi connectivity index (χ0) is 13.1. The molecule has 0 aliphatic carbocycles. The molecule has 0 saturated carbocycles. The maximum Gasteiger partial charge on any atom is 0.255 e. The van der Waals surface area contributed by atoms with E-state index in [-0.39, 0.29) is 21.6 Å². The van der Waals surface area contributed by atoms with Crippen LogP contribution in [0.2, 0.25) is 10.0 Å². The van der Waals surface area contributed by atoms with Crippen LogP contribution in [0.5, 0.6) is 0 Å². The van der Waals surface area contributed by atoms with Gasteiger partial charge in [0.25, 0.3) is 5.91 Å². The molecule has 1 aromatic heterocycles. The van der Waals surface area contributed by atoms with Gasteiger partial charge in [-0.05, 0) is 24.3 Å². The Kier molecular flexibility index (Phi) is 3.69. The summed E-state index contributed by atoms with van der Waals surface area (Å²) in [6, 6.07) is 6.38. The molecule has 92 valence electrons. The van der Waals surface area contributed by atoms with E-state index < -0.39 is 0 Å². The van der Waals surface area contributed by atoms with Crippen LogP contribution in [-0.4, -0.2) is 10.9 Å². The molecule has 3 N–H and O–H groups in total. The third kappa shape index (κ3) is 2.72. The summed E-state index contributed by atoms with van der Waals surface area (Å²) in [5, 5.41) is 3.17. The lowest BCUT2D eigenvalue weighted by molar-refractivity contribution is 0.102. The highest BCUT2D eigenvalue weighted by Crippen LogP contribution is 2.29. The second kappa shape index (κ2) is 5.25. The first-order chi connectivity index (χ1) is 8.58. The van der Waals surface area contributed by atoms with Crippen LogP contribution in [0.25, 0.3) is 0 Å². The van der Waals surface area contributed by atoms with E-state index in [2.05, 4.69) is 10.3 Å². The van der Waals surface area contributed by atoms with Crippen LogP contribution < -0.4 is 11.1 Å². The lowest BCUT2D eigenvalue weighted by Crippen LogP contribution is -2.12. The summed E-state index contributed by atoms with van der Waals surface area (Å²) in [4.78, 5) is 15.8. The maximum absolute atomic E-state index is 11.9. The van der Waals surface area contributed by atoms with E-state index in [0.29, 0.717) is 11.3 Å². The van der Waals surface area contributed by atoms with Crippen molar-refractivity contribution in [3.63, 3.8) is 0 Å². The molecule has 0 radical (unpaired) electrons. The summed E-state index contributed by atoms with van der Waals surface area (Å²) in [5.41, 5.74) is 6.78. The zero-order valence-corrected chi connectivity index (χ0v) is 10.7. The zero-order valence-electron chi connectivity index (χ0n) is 9.15. The van der Waals surface area contributed by atoms with Crippen LogP contribution in [-0.2, 0) is 0 Å². The molecule has 0 fully saturated rings. The SMILES string of the molecule is Nc1c(Cl)cc(C(=O)Nc2cccnc2)cc1Cl. The number of carbonyl (C=O) groups excluding carboxylic acids is 1. The van der Waals surface area contributed by atoms with Crippen molar-refractivity contribution in [3.8, 4) is 0 Å². The Balaban J connectivity index is 2.25. The van der Waals surface area contributed by atoms with Gasteiger partial charge in [0.05, 0.1) is 27.6 Å². The molecule has 0 unspecified atom stereocenters. The molecule has 0 saturated heterocycles. The van der Waals surface area contributed by atoms with Crippen LogP contribution in [0, 0.1) is 0 Å². The number of nitrogens with zero attached hydrogens (tertiary/aromatic N) is 1. The van der Waals surface area contributed by atoms with Gasteiger partial charge in [0, 0.05) is 11.8 Å². The van der Waals surface area contributed by atoms with Crippen molar-refractivity contribution in [2.75, 3.05) is 11.1 Å². The first kappa shape index (κ1) is 12.7. The monoisotopic (exact) mass is 281 g/mol. The van der Waals surface area contributed by atoms with Gasteiger partial charge < -0.3 is 11.1 Å². The predicted octanol–water partition coefficient (Wildman–Crippen LogP) is 3.22. The lowest BCUT2D eigenvalue weighted by Gasteiger charge is -2.07. The number of nitrogens with one attached hydrogen (secondary N) is 1. The average molecular weight is 282 g/mol. The highest BCUT2D eigenvalue weighted by Gasteiger charge is 2.11. The van der Waals surface area contributed by atoms with E-state index in [4.69, 9.17) is 28.9 Å². The van der Waals surface area contributed by atoms with E-state index in [9.17, 15) is 4.79 Å². The molecule has 1 heterocycles. The number of nitrogen functional groups attached to an aromatic ring is 1. The largest absolute Gasteiger partial charge is 0.396 e. The fourth-order valence-electron chi connectivity index (χ4n) is 1.36. The van der Waals surface area contributed by atoms with Crippen molar-refractivity contribution in [2.45, 2.75) is 0 Å². The van der Waals surface area contributed by atoms with Crippen molar-refractivity contribution >= 4 is 40.5 Å². The number of hydrogen-bond acceptors (Lipinski definition) is 3. The number of nitrogens with two attached hydrogens (primary N) is 1. The number of aromatic nitrogens is 1. The number of pyridine rings is 1. The molecule has 6 heteroatoms. The molecule has 2 rings (SSSR count). The smallest absolute Gasteiger partial charge is 0.255 e. The van der Waals surface area contributed by atoms with Crippen LogP contribution in [0.15, 0.2) is 36.7 Å². The van der Waals surface area contributed by atoms with Crippen LogP contribution in [0.3, 0.4) is 0 Å². The Labute approximate surface area is 114 Å². The number of benzene rings is 1. The molecule has 1 amide bonds. The number of halogens is 2. The first-order valence-electron chi connectivity index (χ1n) is 5.04. The standard InChI is InChI=1S/C12H9Cl2N3O/c13-9-4-7(5-10(14)11(9)15)12(18)17-8-2-1-3-16-6-8/h1-6H,15H2,(H,17,18). The van der Waals surface area contributed by atoms with Crippen LogP contribution >= 0.6 is 23.2 Å². The second-order valence-electron chi connectivity index (χ2n) is 3.55. The molecular formula is C12H9Cl2N3O. The average Bonchev–Trinajstić information content (AvgIpc) is 2.36. The second-order valence-corrected chi connectivity index (χ2v) is 4.36. The first-order valence-corrected chi connectivity index (χ1v) is 5.79. The van der Waals surface area contributed by atoms with Gasteiger partial charge in [0.2, 0.25) is 0 Å². The van der Waals surface area contributed by atoms with Crippen molar-refractivity contribution < 1.29 is 4.79 Å². The van der Waals surface area contributed by atoms with Crippen molar-refractivity contribution in [1.82, 2.24) is 4.98 Å². The summed E-state index contributed by atoms with van der Waals surface area (Å²) in [5.74, 6) is -0.327. The van der Waals surface area contributed by atoms with Crippen LogP contribution in [0.4, 0.5) is 11.4 Å². The Morgan fingerprint density at radius 2 is 1.94 bits per heavy atom. The normalized spacial score (nSPS) is 10.1. The minimum absolute atomic E-state index is 0.249. The van der Waals surface area contributed by atoms with Gasteiger partial charge in [-0.1, -0.05) is 23.2 Å². The number of carbonyl (C=O) groups is 1. The van der Waals surface area contributed by atoms with E-state index in [0.717, 1.165) is 0 Å². The topological polar surface area (TPSA) is 68.0 Å². The fraction of sp³-hybridized carbons (Fsp3) is 0. The Morgan fingerprint density at radius 1 is 1.28 bits per heavy atom. The maximum atomic E-state index is 11.9. The summed E-state index contributed by atoms with van der Waals surface area (Å²) in [6.45, 7) is 0. The molecule has 0 aliphatic heterocycles. The molecule has 1 aromatic carbocycles. The van der Waals surface area contributed by atoms with E-state index in [1.165, 1.54) is 12.1 Å². The van der Waals surface area contributed by atoms with Crippen molar-refractivity contribution in [2.24, 2.45) is 0 Å². The highest BCUT2D eigenvalue weighted by atomic mass is 35.5. The number of rotatable bonds is 2. The Hall–Kier alpha value is -1.78. The quantitative estimate of drug-likeness (QED) is 0.831. The van der Waals surface area contributed by atoms with Crippen LogP contribution in [0.1, 0.15) is 10.4 Å². The lowest BCUT2D eigenvalue weighted by atomic mass is 10.2. The van der Waals surface area contributed by atoms with Crippen molar-refractivity contribution in [1.29, 1.82) is 0 Å². The molecule has 0 bridgehead atoms.